The molecule has 4 aromatic rings. The van der Waals surface area contributed by atoms with E-state index in [1.807, 2.05) is 67.6 Å². The molecule has 1 aromatic heterocycles. The lowest BCUT2D eigenvalue weighted by Gasteiger charge is -2.22. The van der Waals surface area contributed by atoms with Gasteiger partial charge in [0.05, 0.1) is 6.54 Å². The number of H-pyrrole nitrogens is 1. The molecule has 202 valence electrons. The molecule has 1 fully saturated rings. The van der Waals surface area contributed by atoms with E-state index in [1.165, 1.54) is 0 Å². The molecule has 0 bridgehead atoms. The maximum atomic E-state index is 12.7. The molecule has 3 aromatic carbocycles. The zero-order valence-corrected chi connectivity index (χ0v) is 21.8. The summed E-state index contributed by atoms with van der Waals surface area (Å²) in [5, 5.41) is 3.07. The summed E-state index contributed by atoms with van der Waals surface area (Å²) in [6.07, 6.45) is 1.97. The number of aromatic nitrogens is 2. The van der Waals surface area contributed by atoms with Gasteiger partial charge in [-0.25, -0.2) is 14.6 Å². The number of ether oxygens (including phenoxy) is 2. The van der Waals surface area contributed by atoms with Crippen LogP contribution in [-0.4, -0.2) is 35.4 Å². The first-order valence-corrected chi connectivity index (χ1v) is 13.0. The van der Waals surface area contributed by atoms with Crippen molar-refractivity contribution in [2.45, 2.75) is 32.9 Å². The number of aromatic amines is 1. The molecule has 39 heavy (non-hydrogen) atoms. The Labute approximate surface area is 225 Å². The average molecular weight is 530 g/mol. The van der Waals surface area contributed by atoms with Gasteiger partial charge in [-0.2, -0.15) is 0 Å². The third-order valence-electron chi connectivity index (χ3n) is 6.90. The van der Waals surface area contributed by atoms with Gasteiger partial charge in [0, 0.05) is 25.3 Å². The third-order valence-corrected chi connectivity index (χ3v) is 6.90. The van der Waals surface area contributed by atoms with Crippen molar-refractivity contribution in [2.75, 3.05) is 19.8 Å². The second-order valence-corrected chi connectivity index (χ2v) is 9.77. The molecule has 0 saturated carbocycles. The lowest BCUT2D eigenvalue weighted by atomic mass is 9.96. The molecule has 0 unspecified atom stereocenters. The molecule has 9 nitrogen and oxygen atoms in total. The van der Waals surface area contributed by atoms with Crippen LogP contribution in [0.2, 0.25) is 0 Å². The summed E-state index contributed by atoms with van der Waals surface area (Å²) in [6, 6.07) is 21.2. The Balaban J connectivity index is 1.19. The van der Waals surface area contributed by atoms with Crippen molar-refractivity contribution in [3.63, 3.8) is 0 Å². The zero-order chi connectivity index (χ0) is 27.2. The summed E-state index contributed by atoms with van der Waals surface area (Å²) in [4.78, 5) is 37.5. The lowest BCUT2D eigenvalue weighted by Crippen LogP contribution is -2.32. The molecule has 0 atom stereocenters. The lowest BCUT2D eigenvalue weighted by molar-refractivity contribution is 0.0642. The molecule has 1 saturated heterocycles. The number of benzene rings is 3. The van der Waals surface area contributed by atoms with Crippen LogP contribution in [0.15, 0.2) is 80.8 Å². The Morgan fingerprint density at radius 3 is 2.54 bits per heavy atom. The number of amides is 1. The smallest absolute Gasteiger partial charge is 0.440 e. The van der Waals surface area contributed by atoms with E-state index >= 15 is 0 Å². The minimum atomic E-state index is -0.778. The first-order valence-electron chi connectivity index (χ1n) is 13.0. The van der Waals surface area contributed by atoms with Gasteiger partial charge in [-0.05, 0) is 83.8 Å². The predicted molar refractivity (Wildman–Crippen MR) is 146 cm³/mol. The molecule has 0 aliphatic carbocycles. The van der Waals surface area contributed by atoms with Gasteiger partial charge in [0.15, 0.2) is 0 Å². The van der Waals surface area contributed by atoms with Crippen molar-refractivity contribution in [3.05, 3.63) is 110 Å². The molecule has 2 heterocycles. The van der Waals surface area contributed by atoms with E-state index < -0.39 is 11.4 Å². The highest BCUT2D eigenvalue weighted by molar-refractivity contribution is 5.95. The third kappa shape index (κ3) is 6.74. The minimum absolute atomic E-state index is 0.0472. The molecule has 1 amide bonds. The fraction of sp³-hybridized carbons (Fsp3) is 0.300. The van der Waals surface area contributed by atoms with Gasteiger partial charge in [0.25, 0.3) is 5.91 Å². The predicted octanol–water partition coefficient (Wildman–Crippen LogP) is 3.89. The number of carbonyl (C=O) groups is 1. The van der Waals surface area contributed by atoms with Gasteiger partial charge in [0.2, 0.25) is 0 Å². The summed E-state index contributed by atoms with van der Waals surface area (Å²) >= 11 is 0. The fourth-order valence-electron chi connectivity index (χ4n) is 4.69. The Morgan fingerprint density at radius 2 is 1.82 bits per heavy atom. The number of nitrogens with zero attached hydrogens (tertiary/aromatic N) is 1. The molecule has 9 heteroatoms. The van der Waals surface area contributed by atoms with E-state index in [0.29, 0.717) is 30.4 Å². The molecular weight excluding hydrogens is 498 g/mol. The Kier molecular flexibility index (Phi) is 8.07. The van der Waals surface area contributed by atoms with Gasteiger partial charge >= 0.3 is 11.4 Å². The van der Waals surface area contributed by atoms with Crippen LogP contribution in [-0.2, 0) is 17.9 Å². The summed E-state index contributed by atoms with van der Waals surface area (Å²) in [5.41, 5.74) is 5.03. The standard InChI is InChI=1S/C30H31N3O6/c1-20-15-25(28(34)31-17-21-11-13-37-14-12-21)7-10-27(20)24-4-2-3-23(16-24)19-38-26-8-5-22(6-9-26)18-33-29(35)32-30(36)39-33/h2-10,15-16,21H,11-14,17-19H2,1H3,(H,31,34)(H,32,35,36). The van der Waals surface area contributed by atoms with E-state index in [1.54, 1.807) is 0 Å². The largest absolute Gasteiger partial charge is 0.489 e. The van der Waals surface area contributed by atoms with E-state index in [4.69, 9.17) is 14.0 Å². The van der Waals surface area contributed by atoms with Crippen LogP contribution >= 0.6 is 0 Å². The van der Waals surface area contributed by atoms with Crippen molar-refractivity contribution >= 4 is 5.91 Å². The number of rotatable bonds is 9. The van der Waals surface area contributed by atoms with Gasteiger partial charge in [-0.15, -0.1) is 4.74 Å². The van der Waals surface area contributed by atoms with Gasteiger partial charge in [-0.1, -0.05) is 36.4 Å². The second kappa shape index (κ2) is 12.0. The first-order chi connectivity index (χ1) is 18.9. The fourth-order valence-corrected chi connectivity index (χ4v) is 4.69. The topological polar surface area (TPSA) is 116 Å². The molecule has 2 N–H and O–H groups in total. The Bertz CT molecular complexity index is 1540. The highest BCUT2D eigenvalue weighted by atomic mass is 16.5. The molecule has 0 radical (unpaired) electrons. The van der Waals surface area contributed by atoms with Crippen LogP contribution in [0.3, 0.4) is 0 Å². The number of carbonyl (C=O) groups excluding carboxylic acids is 1. The number of hydrogen-bond acceptors (Lipinski definition) is 6. The van der Waals surface area contributed by atoms with E-state index in [-0.39, 0.29) is 12.5 Å². The van der Waals surface area contributed by atoms with Crippen LogP contribution in [0, 0.1) is 12.8 Å². The highest BCUT2D eigenvalue weighted by Crippen LogP contribution is 2.26. The summed E-state index contributed by atoms with van der Waals surface area (Å²) in [7, 11) is 0. The minimum Gasteiger partial charge on any atom is -0.489 e. The van der Waals surface area contributed by atoms with Gasteiger partial charge in [0.1, 0.15) is 12.4 Å². The molecular formula is C30H31N3O6. The maximum Gasteiger partial charge on any atom is 0.440 e. The maximum absolute atomic E-state index is 12.7. The zero-order valence-electron chi connectivity index (χ0n) is 21.8. The molecule has 1 aliphatic rings. The summed E-state index contributed by atoms with van der Waals surface area (Å²) < 4.78 is 17.1. The normalized spacial score (nSPS) is 13.8. The Morgan fingerprint density at radius 1 is 1.03 bits per heavy atom. The summed E-state index contributed by atoms with van der Waals surface area (Å²) in [6.45, 7) is 4.76. The second-order valence-electron chi connectivity index (χ2n) is 9.77. The molecule has 0 spiro atoms. The average Bonchev–Trinajstić information content (AvgIpc) is 3.27. The van der Waals surface area contributed by atoms with Crippen molar-refractivity contribution in [2.24, 2.45) is 5.92 Å². The van der Waals surface area contributed by atoms with Crippen molar-refractivity contribution < 1.29 is 18.8 Å². The van der Waals surface area contributed by atoms with Crippen LogP contribution in [0.25, 0.3) is 11.1 Å². The highest BCUT2D eigenvalue weighted by Gasteiger charge is 2.16. The number of aryl methyl sites for hydroxylation is 1. The molecule has 1 aliphatic heterocycles. The Hall–Kier alpha value is -4.37. The van der Waals surface area contributed by atoms with E-state index in [9.17, 15) is 14.4 Å². The number of hydrogen-bond donors (Lipinski definition) is 2. The van der Waals surface area contributed by atoms with E-state index in [0.717, 1.165) is 58.6 Å². The van der Waals surface area contributed by atoms with Crippen LogP contribution in [0.4, 0.5) is 0 Å². The van der Waals surface area contributed by atoms with Crippen molar-refractivity contribution in [1.82, 2.24) is 15.0 Å². The van der Waals surface area contributed by atoms with E-state index in [2.05, 4.69) is 16.4 Å². The van der Waals surface area contributed by atoms with Crippen molar-refractivity contribution in [3.8, 4) is 16.9 Å². The molecule has 5 rings (SSSR count). The quantitative estimate of drug-likeness (QED) is 0.340. The van der Waals surface area contributed by atoms with Crippen LogP contribution in [0.1, 0.15) is 39.9 Å². The van der Waals surface area contributed by atoms with Gasteiger partial charge < -0.3 is 19.3 Å². The van der Waals surface area contributed by atoms with Gasteiger partial charge in [-0.3, -0.25) is 4.79 Å². The van der Waals surface area contributed by atoms with Crippen LogP contribution in [0.5, 0.6) is 5.75 Å². The van der Waals surface area contributed by atoms with Crippen LogP contribution < -0.4 is 21.5 Å². The summed E-state index contributed by atoms with van der Waals surface area (Å²) in [5.74, 6) is 0.332. The first kappa shape index (κ1) is 26.2. The SMILES string of the molecule is Cc1cc(C(=O)NCC2CCOCC2)ccc1-c1cccc(COc2ccc(Cn3oc(=O)[nH]c3=O)cc2)c1. The number of nitrogens with one attached hydrogen (secondary N) is 2. The van der Waals surface area contributed by atoms with Crippen molar-refractivity contribution in [1.29, 1.82) is 0 Å². The monoisotopic (exact) mass is 529 g/mol.